The molecule has 0 radical (unpaired) electrons. The van der Waals surface area contributed by atoms with Crippen LogP contribution in [0.2, 0.25) is 5.02 Å². The van der Waals surface area contributed by atoms with Gasteiger partial charge in [0.25, 0.3) is 5.91 Å². The van der Waals surface area contributed by atoms with Gasteiger partial charge >= 0.3 is 0 Å². The first-order chi connectivity index (χ1) is 18.4. The van der Waals surface area contributed by atoms with Gasteiger partial charge in [-0.1, -0.05) is 24.6 Å². The molecule has 2 fully saturated rings. The Balaban J connectivity index is 1.41. The van der Waals surface area contributed by atoms with Crippen LogP contribution in [0.1, 0.15) is 48.3 Å². The van der Waals surface area contributed by atoms with Gasteiger partial charge in [0.15, 0.2) is 21.5 Å². The Hall–Kier alpha value is -2.92. The first kappa shape index (κ1) is 27.6. The predicted octanol–water partition coefficient (Wildman–Crippen LogP) is 4.94. The standard InChI is InChI=1S/C28H27ClF2N2O5S/c1-15-10-17-12-19(14-20(15)28(17,36)26(34)24-4-2-3-9-32-24)39(37,38)25-11-16(5-7-21(25)29)27(35)33-18-6-8-22(30)23(31)13-18/h2-9,11,13,15,17,19-20,26,34,36H,10,12,14H2,1H3,(H,33,35)/t15-,17?,19+,20?,26-,28+/m0/s1. The molecule has 7 nitrogen and oxygen atoms in total. The van der Waals surface area contributed by atoms with E-state index in [1.165, 1.54) is 30.5 Å². The van der Waals surface area contributed by atoms with Crippen molar-refractivity contribution in [3.63, 3.8) is 0 Å². The number of anilines is 1. The number of hydrogen-bond acceptors (Lipinski definition) is 6. The smallest absolute Gasteiger partial charge is 0.255 e. The Morgan fingerprint density at radius 3 is 2.54 bits per heavy atom. The second-order valence-electron chi connectivity index (χ2n) is 10.4. The predicted molar refractivity (Wildman–Crippen MR) is 141 cm³/mol. The molecule has 6 atom stereocenters. The van der Waals surface area contributed by atoms with Crippen LogP contribution in [0.25, 0.3) is 0 Å². The summed E-state index contributed by atoms with van der Waals surface area (Å²) in [5, 5.41) is 24.4. The third kappa shape index (κ3) is 4.84. The molecule has 0 saturated heterocycles. The second kappa shape index (κ2) is 10.2. The first-order valence-corrected chi connectivity index (χ1v) is 14.5. The zero-order chi connectivity index (χ0) is 28.1. The van der Waals surface area contributed by atoms with Gasteiger partial charge in [-0.3, -0.25) is 9.78 Å². The van der Waals surface area contributed by atoms with Crippen molar-refractivity contribution in [1.29, 1.82) is 0 Å². The van der Waals surface area contributed by atoms with Crippen LogP contribution in [0.3, 0.4) is 0 Å². The number of nitrogens with one attached hydrogen (secondary N) is 1. The van der Waals surface area contributed by atoms with Crippen LogP contribution in [0.4, 0.5) is 14.5 Å². The third-order valence-corrected chi connectivity index (χ3v) is 10.8. The second-order valence-corrected chi connectivity index (χ2v) is 13.0. The molecular weight excluding hydrogens is 550 g/mol. The maximum absolute atomic E-state index is 13.8. The number of amides is 1. The Labute approximate surface area is 229 Å². The van der Waals surface area contributed by atoms with Crippen molar-refractivity contribution in [3.8, 4) is 0 Å². The van der Waals surface area contributed by atoms with Gasteiger partial charge in [-0.05, 0) is 79.5 Å². The van der Waals surface area contributed by atoms with Crippen LogP contribution in [-0.2, 0) is 9.84 Å². The van der Waals surface area contributed by atoms with Gasteiger partial charge in [0.05, 0.1) is 20.9 Å². The summed E-state index contributed by atoms with van der Waals surface area (Å²) in [5.41, 5.74) is -1.23. The Kier molecular flexibility index (Phi) is 7.26. The van der Waals surface area contributed by atoms with Crippen molar-refractivity contribution in [2.24, 2.45) is 17.8 Å². The average Bonchev–Trinajstić information content (AvgIpc) is 3.03. The van der Waals surface area contributed by atoms with Crippen LogP contribution in [0.15, 0.2) is 65.7 Å². The normalized spacial score (nSPS) is 27.2. The van der Waals surface area contributed by atoms with Crippen molar-refractivity contribution in [2.75, 3.05) is 5.32 Å². The summed E-state index contributed by atoms with van der Waals surface area (Å²) in [7, 11) is -4.05. The number of sulfone groups is 1. The lowest BCUT2D eigenvalue weighted by Gasteiger charge is -2.45. The third-order valence-electron chi connectivity index (χ3n) is 8.18. The lowest BCUT2D eigenvalue weighted by Crippen LogP contribution is -2.52. The van der Waals surface area contributed by atoms with E-state index < -0.39 is 56.2 Å². The average molecular weight is 577 g/mol. The van der Waals surface area contributed by atoms with Crippen LogP contribution in [-0.4, -0.2) is 40.4 Å². The Morgan fingerprint density at radius 1 is 1.10 bits per heavy atom. The van der Waals surface area contributed by atoms with E-state index in [9.17, 15) is 32.2 Å². The van der Waals surface area contributed by atoms with Gasteiger partial charge in [-0.25, -0.2) is 17.2 Å². The molecule has 206 valence electrons. The summed E-state index contributed by atoms with van der Waals surface area (Å²) in [6.45, 7) is 1.94. The van der Waals surface area contributed by atoms with Gasteiger partial charge in [0.2, 0.25) is 0 Å². The summed E-state index contributed by atoms with van der Waals surface area (Å²) in [6.07, 6.45) is 1.00. The molecule has 11 heteroatoms. The summed E-state index contributed by atoms with van der Waals surface area (Å²) in [6, 6.07) is 11.7. The van der Waals surface area contributed by atoms with E-state index in [2.05, 4.69) is 10.3 Å². The minimum absolute atomic E-state index is 0.00171. The fourth-order valence-corrected chi connectivity index (χ4v) is 8.61. The van der Waals surface area contributed by atoms with Crippen molar-refractivity contribution in [3.05, 3.63) is 88.7 Å². The van der Waals surface area contributed by atoms with Gasteiger partial charge in [-0.15, -0.1) is 0 Å². The number of pyridine rings is 1. The zero-order valence-electron chi connectivity index (χ0n) is 20.9. The number of hydrogen-bond donors (Lipinski definition) is 3. The van der Waals surface area contributed by atoms with Crippen molar-refractivity contribution >= 4 is 33.0 Å². The number of aliphatic hydroxyl groups is 2. The molecule has 2 unspecified atom stereocenters. The largest absolute Gasteiger partial charge is 0.386 e. The minimum atomic E-state index is -4.05. The molecule has 2 bridgehead atoms. The lowest BCUT2D eigenvalue weighted by atomic mass is 9.69. The first-order valence-electron chi connectivity index (χ1n) is 12.5. The summed E-state index contributed by atoms with van der Waals surface area (Å²) < 4.78 is 54.4. The van der Waals surface area contributed by atoms with Crippen LogP contribution >= 0.6 is 11.6 Å². The van der Waals surface area contributed by atoms with Gasteiger partial charge < -0.3 is 15.5 Å². The van der Waals surface area contributed by atoms with Gasteiger partial charge in [0, 0.05) is 23.5 Å². The number of aliphatic hydroxyl groups excluding tert-OH is 1. The number of carbonyl (C=O) groups excluding carboxylic acids is 1. The molecule has 2 aliphatic carbocycles. The van der Waals surface area contributed by atoms with E-state index in [0.717, 1.165) is 12.1 Å². The number of rotatable bonds is 6. The van der Waals surface area contributed by atoms with Crippen LogP contribution in [0.5, 0.6) is 0 Å². The van der Waals surface area contributed by atoms with E-state index in [0.29, 0.717) is 12.1 Å². The molecule has 2 saturated carbocycles. The maximum atomic E-state index is 13.8. The highest BCUT2D eigenvalue weighted by Crippen LogP contribution is 2.58. The molecular formula is C28H27ClF2N2O5S. The molecule has 0 aliphatic heterocycles. The fourth-order valence-electron chi connectivity index (χ4n) is 6.24. The number of halogens is 3. The zero-order valence-corrected chi connectivity index (χ0v) is 22.5. The molecule has 2 aromatic carbocycles. The van der Waals surface area contributed by atoms with Crippen LogP contribution in [0, 0.1) is 29.4 Å². The molecule has 1 amide bonds. The molecule has 3 aromatic rings. The monoisotopic (exact) mass is 576 g/mol. The lowest BCUT2D eigenvalue weighted by molar-refractivity contribution is -0.149. The number of benzene rings is 2. The molecule has 3 N–H and O–H groups in total. The van der Waals surface area contributed by atoms with E-state index in [-0.39, 0.29) is 39.9 Å². The van der Waals surface area contributed by atoms with Crippen molar-refractivity contribution in [2.45, 2.75) is 48.0 Å². The highest BCUT2D eigenvalue weighted by Gasteiger charge is 2.62. The molecule has 5 rings (SSSR count). The van der Waals surface area contributed by atoms with Gasteiger partial charge in [-0.2, -0.15) is 0 Å². The number of aromatic nitrogens is 1. The summed E-state index contributed by atoms with van der Waals surface area (Å²) in [5.74, 6) is -3.97. The minimum Gasteiger partial charge on any atom is -0.386 e. The topological polar surface area (TPSA) is 117 Å². The maximum Gasteiger partial charge on any atom is 0.255 e. The Morgan fingerprint density at radius 2 is 1.87 bits per heavy atom. The molecule has 0 spiro atoms. The summed E-state index contributed by atoms with van der Waals surface area (Å²) >= 11 is 6.31. The van der Waals surface area contributed by atoms with Crippen molar-refractivity contribution in [1.82, 2.24) is 4.98 Å². The molecule has 39 heavy (non-hydrogen) atoms. The number of fused-ring (bicyclic) bond motifs is 2. The SMILES string of the molecule is C[C@H]1CC2C[C@@H](S(=O)(=O)c3cc(C(=O)Nc4ccc(F)c(F)c4)ccc3Cl)CC1[C@@]2(O)[C@@H](O)c1ccccn1. The number of carbonyl (C=O) groups is 1. The number of nitrogens with zero attached hydrogens (tertiary/aromatic N) is 1. The molecule has 1 aromatic heterocycles. The highest BCUT2D eigenvalue weighted by molar-refractivity contribution is 7.92. The van der Waals surface area contributed by atoms with Gasteiger partial charge in [0.1, 0.15) is 11.7 Å². The quantitative estimate of drug-likeness (QED) is 0.383. The Bertz CT molecular complexity index is 1520. The highest BCUT2D eigenvalue weighted by atomic mass is 35.5. The summed E-state index contributed by atoms with van der Waals surface area (Å²) in [4.78, 5) is 16.8. The molecule has 1 heterocycles. The molecule has 2 aliphatic rings. The van der Waals surface area contributed by atoms with Crippen molar-refractivity contribution < 1.29 is 32.2 Å². The van der Waals surface area contributed by atoms with E-state index in [4.69, 9.17) is 11.6 Å². The fraction of sp³-hybridized carbons (Fsp3) is 0.357. The van der Waals surface area contributed by atoms with Crippen LogP contribution < -0.4 is 5.32 Å². The van der Waals surface area contributed by atoms with E-state index in [1.807, 2.05) is 6.92 Å². The van der Waals surface area contributed by atoms with E-state index >= 15 is 0 Å². The van der Waals surface area contributed by atoms with E-state index in [1.54, 1.807) is 18.2 Å².